The van der Waals surface area contributed by atoms with E-state index < -0.39 is 12.2 Å². The van der Waals surface area contributed by atoms with Crippen LogP contribution in [-0.2, 0) is 6.42 Å². The first-order valence-corrected chi connectivity index (χ1v) is 4.75. The van der Waals surface area contributed by atoms with Crippen molar-refractivity contribution >= 4 is 0 Å². The summed E-state index contributed by atoms with van der Waals surface area (Å²) in [5.74, 6) is 0. The van der Waals surface area contributed by atoms with Crippen molar-refractivity contribution < 1.29 is 13.2 Å². The molecule has 0 heterocycles. The monoisotopic (exact) mass is 228 g/mol. The van der Waals surface area contributed by atoms with Crippen LogP contribution in [0.15, 0.2) is 24.3 Å². The number of hydrogen-bond donors (Lipinski definition) is 1. The van der Waals surface area contributed by atoms with Gasteiger partial charge in [-0.2, -0.15) is 18.4 Å². The molecule has 5 heteroatoms. The van der Waals surface area contributed by atoms with Crippen LogP contribution in [0.5, 0.6) is 0 Å². The summed E-state index contributed by atoms with van der Waals surface area (Å²) in [7, 11) is 0. The highest BCUT2D eigenvalue weighted by Crippen LogP contribution is 2.22. The van der Waals surface area contributed by atoms with Gasteiger partial charge < -0.3 is 5.73 Å². The maximum atomic E-state index is 12.1. The molecule has 1 aromatic carbocycles. The summed E-state index contributed by atoms with van der Waals surface area (Å²) in [5.41, 5.74) is 6.12. The predicted molar refractivity (Wildman–Crippen MR) is 53.5 cm³/mol. The first-order chi connectivity index (χ1) is 7.43. The van der Waals surface area contributed by atoms with E-state index in [9.17, 15) is 13.2 Å². The average molecular weight is 228 g/mol. The SMILES string of the molecule is N#Cc1cccc(CCC(N)C(F)(F)F)c1. The molecule has 2 N–H and O–H groups in total. The highest BCUT2D eigenvalue weighted by atomic mass is 19.4. The van der Waals surface area contributed by atoms with E-state index in [0.29, 0.717) is 11.1 Å². The second-order valence-electron chi connectivity index (χ2n) is 3.50. The number of hydrogen-bond acceptors (Lipinski definition) is 2. The van der Waals surface area contributed by atoms with Crippen LogP contribution in [0.4, 0.5) is 13.2 Å². The topological polar surface area (TPSA) is 49.8 Å². The Balaban J connectivity index is 2.59. The molecule has 0 bridgehead atoms. The molecule has 0 amide bonds. The van der Waals surface area contributed by atoms with Crippen molar-refractivity contribution in [2.75, 3.05) is 0 Å². The van der Waals surface area contributed by atoms with E-state index in [-0.39, 0.29) is 12.8 Å². The van der Waals surface area contributed by atoms with Gasteiger partial charge in [0.25, 0.3) is 0 Å². The summed E-state index contributed by atoms with van der Waals surface area (Å²) in [6.07, 6.45) is -4.30. The number of nitrogens with two attached hydrogens (primary N) is 1. The molecule has 0 aliphatic carbocycles. The maximum Gasteiger partial charge on any atom is 0.403 e. The third-order valence-electron chi connectivity index (χ3n) is 2.22. The van der Waals surface area contributed by atoms with Crippen LogP contribution in [0.2, 0.25) is 0 Å². The van der Waals surface area contributed by atoms with Gasteiger partial charge in [-0.15, -0.1) is 0 Å². The number of halogens is 3. The van der Waals surface area contributed by atoms with E-state index in [1.165, 1.54) is 0 Å². The molecule has 86 valence electrons. The Hall–Kier alpha value is -1.54. The van der Waals surface area contributed by atoms with Crippen LogP contribution >= 0.6 is 0 Å². The highest BCUT2D eigenvalue weighted by Gasteiger charge is 2.35. The van der Waals surface area contributed by atoms with Crippen molar-refractivity contribution in [2.45, 2.75) is 25.1 Å². The molecule has 1 unspecified atom stereocenters. The van der Waals surface area contributed by atoms with E-state index in [4.69, 9.17) is 11.0 Å². The standard InChI is InChI=1S/C11H11F3N2/c12-11(13,14)10(16)5-4-8-2-1-3-9(6-8)7-15/h1-3,6,10H,4-5,16H2. The van der Waals surface area contributed by atoms with Crippen LogP contribution < -0.4 is 5.73 Å². The Morgan fingerprint density at radius 1 is 1.38 bits per heavy atom. The number of nitriles is 1. The van der Waals surface area contributed by atoms with Crippen molar-refractivity contribution in [3.05, 3.63) is 35.4 Å². The zero-order chi connectivity index (χ0) is 12.2. The molecule has 1 aromatic rings. The van der Waals surface area contributed by atoms with Crippen molar-refractivity contribution in [1.82, 2.24) is 0 Å². The fraction of sp³-hybridized carbons (Fsp3) is 0.364. The van der Waals surface area contributed by atoms with Gasteiger partial charge in [0.05, 0.1) is 11.6 Å². The van der Waals surface area contributed by atoms with Gasteiger partial charge in [-0.05, 0) is 30.5 Å². The van der Waals surface area contributed by atoms with Crippen LogP contribution in [0.1, 0.15) is 17.5 Å². The largest absolute Gasteiger partial charge is 0.403 e. The molecule has 0 saturated carbocycles. The molecule has 0 aliphatic heterocycles. The van der Waals surface area contributed by atoms with Gasteiger partial charge in [0.2, 0.25) is 0 Å². The molecule has 2 nitrogen and oxygen atoms in total. The first-order valence-electron chi connectivity index (χ1n) is 4.75. The number of nitrogens with zero attached hydrogens (tertiary/aromatic N) is 1. The molecule has 1 atom stereocenters. The quantitative estimate of drug-likeness (QED) is 0.863. The third-order valence-corrected chi connectivity index (χ3v) is 2.22. The van der Waals surface area contributed by atoms with E-state index in [2.05, 4.69) is 0 Å². The molecular weight excluding hydrogens is 217 g/mol. The number of alkyl halides is 3. The molecule has 0 aliphatic rings. The van der Waals surface area contributed by atoms with E-state index in [1.54, 1.807) is 24.3 Å². The molecule has 0 spiro atoms. The van der Waals surface area contributed by atoms with Gasteiger partial charge in [0.1, 0.15) is 6.04 Å². The number of rotatable bonds is 3. The Morgan fingerprint density at radius 3 is 2.62 bits per heavy atom. The maximum absolute atomic E-state index is 12.1. The van der Waals surface area contributed by atoms with Crippen LogP contribution in [0.25, 0.3) is 0 Å². The normalized spacial score (nSPS) is 13.2. The summed E-state index contributed by atoms with van der Waals surface area (Å²) in [6.45, 7) is 0. The van der Waals surface area contributed by atoms with Crippen LogP contribution in [-0.4, -0.2) is 12.2 Å². The van der Waals surface area contributed by atoms with Gasteiger partial charge in [-0.25, -0.2) is 0 Å². The molecule has 0 saturated heterocycles. The average Bonchev–Trinajstić information content (AvgIpc) is 2.25. The lowest BCUT2D eigenvalue weighted by Gasteiger charge is -2.15. The molecule has 0 radical (unpaired) electrons. The second-order valence-corrected chi connectivity index (χ2v) is 3.50. The summed E-state index contributed by atoms with van der Waals surface area (Å²) < 4.78 is 36.4. The van der Waals surface area contributed by atoms with E-state index in [0.717, 1.165) is 0 Å². The molecule has 0 fully saturated rings. The number of benzene rings is 1. The fourth-order valence-corrected chi connectivity index (χ4v) is 1.28. The minimum atomic E-state index is -4.35. The lowest BCUT2D eigenvalue weighted by atomic mass is 10.0. The zero-order valence-corrected chi connectivity index (χ0v) is 8.46. The van der Waals surface area contributed by atoms with Gasteiger partial charge in [0, 0.05) is 0 Å². The molecule has 16 heavy (non-hydrogen) atoms. The van der Waals surface area contributed by atoms with Crippen molar-refractivity contribution in [3.8, 4) is 6.07 Å². The van der Waals surface area contributed by atoms with Crippen LogP contribution in [0, 0.1) is 11.3 Å². The first kappa shape index (κ1) is 12.5. The smallest absolute Gasteiger partial charge is 0.320 e. The summed E-state index contributed by atoms with van der Waals surface area (Å²) in [6, 6.07) is 6.63. The lowest BCUT2D eigenvalue weighted by Crippen LogP contribution is -2.37. The van der Waals surface area contributed by atoms with Crippen molar-refractivity contribution in [1.29, 1.82) is 5.26 Å². The zero-order valence-electron chi connectivity index (χ0n) is 8.46. The molecule has 1 rings (SSSR count). The summed E-state index contributed by atoms with van der Waals surface area (Å²) >= 11 is 0. The summed E-state index contributed by atoms with van der Waals surface area (Å²) in [5, 5.41) is 8.61. The van der Waals surface area contributed by atoms with Gasteiger partial charge in [-0.3, -0.25) is 0 Å². The Morgan fingerprint density at radius 2 is 2.06 bits per heavy atom. The minimum absolute atomic E-state index is 0.168. The highest BCUT2D eigenvalue weighted by molar-refractivity contribution is 5.32. The van der Waals surface area contributed by atoms with Crippen LogP contribution in [0.3, 0.4) is 0 Å². The minimum Gasteiger partial charge on any atom is -0.320 e. The molecular formula is C11H11F3N2. The van der Waals surface area contributed by atoms with Gasteiger partial charge >= 0.3 is 6.18 Å². The Bertz CT molecular complexity index is 393. The number of aryl methyl sites for hydroxylation is 1. The van der Waals surface area contributed by atoms with Crippen molar-refractivity contribution in [2.24, 2.45) is 5.73 Å². The molecule has 0 aromatic heterocycles. The van der Waals surface area contributed by atoms with E-state index in [1.807, 2.05) is 6.07 Å². The van der Waals surface area contributed by atoms with E-state index >= 15 is 0 Å². The van der Waals surface area contributed by atoms with Gasteiger partial charge in [-0.1, -0.05) is 12.1 Å². The fourth-order valence-electron chi connectivity index (χ4n) is 1.28. The van der Waals surface area contributed by atoms with Crippen molar-refractivity contribution in [3.63, 3.8) is 0 Å². The lowest BCUT2D eigenvalue weighted by molar-refractivity contribution is -0.148. The summed E-state index contributed by atoms with van der Waals surface area (Å²) in [4.78, 5) is 0. The Kier molecular flexibility index (Phi) is 3.91. The van der Waals surface area contributed by atoms with Gasteiger partial charge in [0.15, 0.2) is 0 Å². The Labute approximate surface area is 91.5 Å². The second kappa shape index (κ2) is 4.99. The predicted octanol–water partition coefficient (Wildman–Crippen LogP) is 2.38. The third kappa shape index (κ3) is 3.55.